The molecule has 2 N–H and O–H groups in total. The van der Waals surface area contributed by atoms with E-state index in [0.717, 1.165) is 12.8 Å². The van der Waals surface area contributed by atoms with E-state index in [9.17, 15) is 8.42 Å². The number of rotatable bonds is 1. The number of nitrogens with zero attached hydrogens (tertiary/aromatic N) is 1. The molecule has 0 bridgehead atoms. The van der Waals surface area contributed by atoms with Crippen molar-refractivity contribution in [2.45, 2.75) is 18.6 Å². The third-order valence-corrected chi connectivity index (χ3v) is 3.59. The Hall–Kier alpha value is -0.210. The van der Waals surface area contributed by atoms with E-state index in [1.165, 1.54) is 4.31 Å². The summed E-state index contributed by atoms with van der Waals surface area (Å²) >= 11 is 0. The first-order valence-corrected chi connectivity index (χ1v) is 6.08. The molecule has 0 unspecified atom stereocenters. The Morgan fingerprint density at radius 2 is 1.93 bits per heavy atom. The van der Waals surface area contributed by atoms with Gasteiger partial charge in [-0.05, 0) is 6.42 Å². The summed E-state index contributed by atoms with van der Waals surface area (Å²) in [5, 5.41) is 5.05. The molecule has 0 amide bonds. The highest BCUT2D eigenvalue weighted by Gasteiger charge is 2.43. The van der Waals surface area contributed by atoms with Gasteiger partial charge < -0.3 is 9.47 Å². The van der Waals surface area contributed by atoms with Crippen LogP contribution in [0.5, 0.6) is 0 Å². The van der Waals surface area contributed by atoms with Crippen LogP contribution in [-0.4, -0.2) is 44.8 Å². The first-order valence-electron chi connectivity index (χ1n) is 4.58. The topological polar surface area (TPSA) is 81.9 Å². The third-order valence-electron chi connectivity index (χ3n) is 2.56. The Balaban J connectivity index is 2.11. The van der Waals surface area contributed by atoms with Gasteiger partial charge in [0.05, 0.1) is 19.8 Å². The summed E-state index contributed by atoms with van der Waals surface area (Å²) in [5.74, 6) is -0.731. The average Bonchev–Trinajstić information content (AvgIpc) is 2.52. The first-order chi connectivity index (χ1) is 6.52. The summed E-state index contributed by atoms with van der Waals surface area (Å²) in [5.41, 5.74) is 0. The Morgan fingerprint density at radius 3 is 2.50 bits per heavy atom. The summed E-state index contributed by atoms with van der Waals surface area (Å²) < 4.78 is 34.3. The third kappa shape index (κ3) is 1.91. The number of ether oxygens (including phenoxy) is 2. The molecule has 0 aromatic carbocycles. The highest BCUT2D eigenvalue weighted by Crippen LogP contribution is 2.30. The van der Waals surface area contributed by atoms with Crippen LogP contribution in [0.2, 0.25) is 0 Å². The second-order valence-electron chi connectivity index (χ2n) is 3.59. The van der Waals surface area contributed by atoms with Crippen molar-refractivity contribution in [3.05, 3.63) is 0 Å². The standard InChI is InChI=1S/C7H14N2O4S/c8-14(10,11)9-3-1-2-7(6-9)12-4-5-13-7/h1-6H2,(H2,8,10,11). The Bertz CT molecular complexity index is 310. The fraction of sp³-hybridized carbons (Fsp3) is 1.00. The lowest BCUT2D eigenvalue weighted by Gasteiger charge is -2.36. The summed E-state index contributed by atoms with van der Waals surface area (Å²) in [6.45, 7) is 1.72. The number of hydrogen-bond acceptors (Lipinski definition) is 4. The van der Waals surface area contributed by atoms with Gasteiger partial charge >= 0.3 is 0 Å². The van der Waals surface area contributed by atoms with Gasteiger partial charge in [0, 0.05) is 13.0 Å². The van der Waals surface area contributed by atoms with Crippen molar-refractivity contribution < 1.29 is 17.9 Å². The molecular weight excluding hydrogens is 208 g/mol. The van der Waals surface area contributed by atoms with E-state index < -0.39 is 16.0 Å². The molecule has 2 aliphatic heterocycles. The minimum Gasteiger partial charge on any atom is -0.346 e. The van der Waals surface area contributed by atoms with Crippen LogP contribution in [0.1, 0.15) is 12.8 Å². The summed E-state index contributed by atoms with van der Waals surface area (Å²) in [6, 6.07) is 0. The van der Waals surface area contributed by atoms with Crippen LogP contribution >= 0.6 is 0 Å². The zero-order chi connectivity index (χ0) is 10.2. The van der Waals surface area contributed by atoms with Gasteiger partial charge in [0.25, 0.3) is 10.2 Å². The predicted octanol–water partition coefficient (Wildman–Crippen LogP) is -0.971. The molecule has 6 nitrogen and oxygen atoms in total. The van der Waals surface area contributed by atoms with E-state index in [1.54, 1.807) is 0 Å². The van der Waals surface area contributed by atoms with E-state index in [0.29, 0.717) is 19.8 Å². The molecule has 2 aliphatic rings. The molecule has 1 spiro atoms. The van der Waals surface area contributed by atoms with Crippen molar-refractivity contribution in [3.8, 4) is 0 Å². The van der Waals surface area contributed by atoms with E-state index in [2.05, 4.69) is 0 Å². The molecule has 2 heterocycles. The molecule has 0 aromatic rings. The van der Waals surface area contributed by atoms with Crippen molar-refractivity contribution in [1.82, 2.24) is 4.31 Å². The van der Waals surface area contributed by atoms with E-state index >= 15 is 0 Å². The maximum Gasteiger partial charge on any atom is 0.277 e. The SMILES string of the molecule is NS(=O)(=O)N1CCCC2(C1)OCCO2. The van der Waals surface area contributed by atoms with Crippen LogP contribution in [0.3, 0.4) is 0 Å². The lowest BCUT2D eigenvalue weighted by molar-refractivity contribution is -0.179. The van der Waals surface area contributed by atoms with Crippen LogP contribution in [-0.2, 0) is 19.7 Å². The Labute approximate surface area is 83.1 Å². The van der Waals surface area contributed by atoms with Crippen molar-refractivity contribution in [3.63, 3.8) is 0 Å². The normalized spacial score (nSPS) is 28.4. The van der Waals surface area contributed by atoms with Crippen LogP contribution in [0.25, 0.3) is 0 Å². The number of piperidine rings is 1. The molecule has 0 atom stereocenters. The Morgan fingerprint density at radius 1 is 1.29 bits per heavy atom. The highest BCUT2D eigenvalue weighted by atomic mass is 32.2. The van der Waals surface area contributed by atoms with E-state index in [4.69, 9.17) is 14.6 Å². The van der Waals surface area contributed by atoms with Crippen LogP contribution in [0.4, 0.5) is 0 Å². The van der Waals surface area contributed by atoms with Crippen molar-refractivity contribution in [2.75, 3.05) is 26.3 Å². The van der Waals surface area contributed by atoms with E-state index in [1.807, 2.05) is 0 Å². The fourth-order valence-electron chi connectivity index (χ4n) is 1.90. The number of hydrogen-bond donors (Lipinski definition) is 1. The molecule has 0 aromatic heterocycles. The monoisotopic (exact) mass is 222 g/mol. The van der Waals surface area contributed by atoms with Gasteiger partial charge in [-0.3, -0.25) is 0 Å². The van der Waals surface area contributed by atoms with Gasteiger partial charge in [-0.15, -0.1) is 0 Å². The maximum absolute atomic E-state index is 11.1. The largest absolute Gasteiger partial charge is 0.346 e. The summed E-state index contributed by atoms with van der Waals surface area (Å²) in [4.78, 5) is 0. The summed E-state index contributed by atoms with van der Waals surface area (Å²) in [7, 11) is -3.62. The lowest BCUT2D eigenvalue weighted by Crippen LogP contribution is -2.52. The van der Waals surface area contributed by atoms with Gasteiger partial charge in [0.15, 0.2) is 5.79 Å². The smallest absolute Gasteiger partial charge is 0.277 e. The quantitative estimate of drug-likeness (QED) is 0.619. The lowest BCUT2D eigenvalue weighted by atomic mass is 10.1. The van der Waals surface area contributed by atoms with Gasteiger partial charge in [-0.2, -0.15) is 12.7 Å². The fourth-order valence-corrected chi connectivity index (χ4v) is 2.66. The first kappa shape index (κ1) is 10.3. The highest BCUT2D eigenvalue weighted by molar-refractivity contribution is 7.86. The minimum atomic E-state index is -3.62. The summed E-state index contributed by atoms with van der Waals surface area (Å²) in [6.07, 6.45) is 1.45. The molecule has 2 rings (SSSR count). The van der Waals surface area contributed by atoms with Crippen LogP contribution < -0.4 is 5.14 Å². The van der Waals surface area contributed by atoms with Gasteiger partial charge in [-0.1, -0.05) is 0 Å². The van der Waals surface area contributed by atoms with Crippen molar-refractivity contribution in [2.24, 2.45) is 5.14 Å². The van der Waals surface area contributed by atoms with Gasteiger partial charge in [0.2, 0.25) is 0 Å². The average molecular weight is 222 g/mol. The molecule has 7 heteroatoms. The molecule has 0 saturated carbocycles. The second kappa shape index (κ2) is 3.42. The molecule has 2 fully saturated rings. The number of nitrogens with two attached hydrogens (primary N) is 1. The molecule has 0 radical (unpaired) electrons. The van der Waals surface area contributed by atoms with Gasteiger partial charge in [-0.25, -0.2) is 5.14 Å². The molecule has 82 valence electrons. The zero-order valence-electron chi connectivity index (χ0n) is 7.81. The zero-order valence-corrected chi connectivity index (χ0v) is 8.62. The molecule has 2 saturated heterocycles. The Kier molecular flexibility index (Phi) is 2.52. The molecular formula is C7H14N2O4S. The molecule has 14 heavy (non-hydrogen) atoms. The van der Waals surface area contributed by atoms with Crippen molar-refractivity contribution >= 4 is 10.2 Å². The van der Waals surface area contributed by atoms with Crippen molar-refractivity contribution in [1.29, 1.82) is 0 Å². The predicted molar refractivity (Wildman–Crippen MR) is 48.5 cm³/mol. The second-order valence-corrected chi connectivity index (χ2v) is 5.14. The molecule has 0 aliphatic carbocycles. The van der Waals surface area contributed by atoms with E-state index in [-0.39, 0.29) is 6.54 Å². The van der Waals surface area contributed by atoms with Crippen LogP contribution in [0.15, 0.2) is 0 Å². The maximum atomic E-state index is 11.1. The van der Waals surface area contributed by atoms with Crippen LogP contribution in [0, 0.1) is 0 Å². The van der Waals surface area contributed by atoms with Gasteiger partial charge in [0.1, 0.15) is 0 Å². The minimum absolute atomic E-state index is 0.214.